The number of hydrogen-bond acceptors (Lipinski definition) is 2. The maximum Gasteiger partial charge on any atom is 0.145 e. The average molecular weight is 298 g/mol. The van der Waals surface area contributed by atoms with Crippen molar-refractivity contribution in [2.45, 2.75) is 27.7 Å². The minimum absolute atomic E-state index is 0.0894. The first-order valence-corrected chi connectivity index (χ1v) is 7.26. The van der Waals surface area contributed by atoms with Gasteiger partial charge in [0.15, 0.2) is 0 Å². The molecule has 0 rings (SSSR count). The molecule has 0 atom stereocenters. The molecule has 0 heterocycles. The second kappa shape index (κ2) is 12.5. The van der Waals surface area contributed by atoms with E-state index in [4.69, 9.17) is 5.11 Å². The molecule has 2 heteroatoms. The number of aliphatic hydroxyl groups excluding tert-OH is 1. The van der Waals surface area contributed by atoms with Gasteiger partial charge in [0.25, 0.3) is 0 Å². The summed E-state index contributed by atoms with van der Waals surface area (Å²) < 4.78 is 0. The Morgan fingerprint density at radius 3 is 1.64 bits per heavy atom. The van der Waals surface area contributed by atoms with Crippen LogP contribution >= 0.6 is 0 Å². The highest BCUT2D eigenvalue weighted by Gasteiger charge is 1.82. The van der Waals surface area contributed by atoms with Crippen LogP contribution in [0.2, 0.25) is 0 Å². The zero-order valence-corrected chi connectivity index (χ0v) is 13.9. The van der Waals surface area contributed by atoms with Crippen LogP contribution in [0.5, 0.6) is 0 Å². The zero-order valence-electron chi connectivity index (χ0n) is 13.9. The van der Waals surface area contributed by atoms with Crippen LogP contribution in [0.3, 0.4) is 0 Å². The van der Waals surface area contributed by atoms with Crippen molar-refractivity contribution in [1.29, 1.82) is 0 Å². The molecule has 0 aromatic rings. The van der Waals surface area contributed by atoms with Gasteiger partial charge in [-0.15, -0.1) is 0 Å². The molecule has 118 valence electrons. The van der Waals surface area contributed by atoms with Gasteiger partial charge in [-0.05, 0) is 38.8 Å². The predicted octanol–water partition coefficient (Wildman–Crippen LogP) is 4.63. The Bertz CT molecular complexity index is 550. The van der Waals surface area contributed by atoms with E-state index in [2.05, 4.69) is 0 Å². The van der Waals surface area contributed by atoms with Crippen molar-refractivity contribution in [2.75, 3.05) is 6.61 Å². The minimum Gasteiger partial charge on any atom is -0.392 e. The van der Waals surface area contributed by atoms with Gasteiger partial charge >= 0.3 is 0 Å². The van der Waals surface area contributed by atoms with Crippen molar-refractivity contribution in [3.63, 3.8) is 0 Å². The third-order valence-electron chi connectivity index (χ3n) is 2.72. The van der Waals surface area contributed by atoms with Gasteiger partial charge in [-0.1, -0.05) is 71.9 Å². The molecule has 0 aliphatic rings. The summed E-state index contributed by atoms with van der Waals surface area (Å²) >= 11 is 0. The van der Waals surface area contributed by atoms with Crippen LogP contribution in [-0.4, -0.2) is 18.0 Å². The Hall–Kier alpha value is -2.19. The zero-order chi connectivity index (χ0) is 16.8. The van der Waals surface area contributed by atoms with Crippen molar-refractivity contribution in [3.05, 3.63) is 83.1 Å². The first-order chi connectivity index (χ1) is 10.5. The van der Waals surface area contributed by atoms with Gasteiger partial charge in [0.2, 0.25) is 0 Å². The lowest BCUT2D eigenvalue weighted by molar-refractivity contribution is -0.104. The molecule has 0 saturated carbocycles. The Balaban J connectivity index is 4.50. The number of carbonyl (C=O) groups excluding carboxylic acids is 1. The largest absolute Gasteiger partial charge is 0.392 e. The number of carbonyl (C=O) groups is 1. The van der Waals surface area contributed by atoms with Gasteiger partial charge < -0.3 is 5.11 Å². The molecule has 0 amide bonds. The van der Waals surface area contributed by atoms with Crippen LogP contribution in [0.1, 0.15) is 27.7 Å². The second-order valence-electron chi connectivity index (χ2n) is 5.12. The van der Waals surface area contributed by atoms with Crippen molar-refractivity contribution in [2.24, 2.45) is 0 Å². The SMILES string of the molecule is C\C(C=O)=C/C=C/C(C)=C/C=C/C=C(C)/C=C/C=C(\C)CO. The molecule has 0 aromatic heterocycles. The quantitative estimate of drug-likeness (QED) is 0.403. The van der Waals surface area contributed by atoms with Gasteiger partial charge in [-0.3, -0.25) is 4.79 Å². The molecule has 22 heavy (non-hydrogen) atoms. The van der Waals surface area contributed by atoms with Gasteiger partial charge in [-0.25, -0.2) is 0 Å². The van der Waals surface area contributed by atoms with E-state index in [9.17, 15) is 4.79 Å². The third kappa shape index (κ3) is 11.6. The van der Waals surface area contributed by atoms with Crippen molar-refractivity contribution >= 4 is 6.29 Å². The second-order valence-corrected chi connectivity index (χ2v) is 5.12. The van der Waals surface area contributed by atoms with Crippen LogP contribution in [0.15, 0.2) is 83.1 Å². The Morgan fingerprint density at radius 2 is 1.18 bits per heavy atom. The topological polar surface area (TPSA) is 37.3 Å². The highest BCUT2D eigenvalue weighted by Crippen LogP contribution is 2.00. The molecule has 0 aliphatic heterocycles. The average Bonchev–Trinajstić information content (AvgIpc) is 2.51. The molecule has 0 aliphatic carbocycles. The minimum atomic E-state index is 0.0894. The molecule has 0 saturated heterocycles. The molecule has 0 radical (unpaired) electrons. The van der Waals surface area contributed by atoms with Crippen molar-refractivity contribution in [3.8, 4) is 0 Å². The van der Waals surface area contributed by atoms with Crippen LogP contribution in [0.4, 0.5) is 0 Å². The summed E-state index contributed by atoms with van der Waals surface area (Å²) in [6.45, 7) is 7.77. The van der Waals surface area contributed by atoms with E-state index in [1.165, 1.54) is 0 Å². The van der Waals surface area contributed by atoms with E-state index in [-0.39, 0.29) is 6.61 Å². The lowest BCUT2D eigenvalue weighted by Crippen LogP contribution is -1.81. The molecule has 0 fully saturated rings. The van der Waals surface area contributed by atoms with Gasteiger partial charge in [0.1, 0.15) is 6.29 Å². The van der Waals surface area contributed by atoms with E-state index in [0.717, 1.165) is 23.0 Å². The lowest BCUT2D eigenvalue weighted by atomic mass is 10.2. The first-order valence-electron chi connectivity index (χ1n) is 7.26. The van der Waals surface area contributed by atoms with Gasteiger partial charge in [-0.2, -0.15) is 0 Å². The summed E-state index contributed by atoms with van der Waals surface area (Å²) in [6.07, 6.45) is 20.2. The van der Waals surface area contributed by atoms with E-state index in [1.807, 2.05) is 75.5 Å². The summed E-state index contributed by atoms with van der Waals surface area (Å²) in [6, 6.07) is 0. The molecule has 0 unspecified atom stereocenters. The third-order valence-corrected chi connectivity index (χ3v) is 2.72. The lowest BCUT2D eigenvalue weighted by Gasteiger charge is -1.90. The number of aldehydes is 1. The summed E-state index contributed by atoms with van der Waals surface area (Å²) in [5.74, 6) is 0. The van der Waals surface area contributed by atoms with Gasteiger partial charge in [0, 0.05) is 0 Å². The molecule has 0 spiro atoms. The van der Waals surface area contributed by atoms with E-state index >= 15 is 0 Å². The summed E-state index contributed by atoms with van der Waals surface area (Å²) in [7, 11) is 0. The molecular formula is C20H26O2. The predicted molar refractivity (Wildman–Crippen MR) is 95.6 cm³/mol. The monoisotopic (exact) mass is 298 g/mol. The Labute approximate surface area is 134 Å². The van der Waals surface area contributed by atoms with Crippen LogP contribution in [0, 0.1) is 0 Å². The highest BCUT2D eigenvalue weighted by atomic mass is 16.3. The molecule has 2 nitrogen and oxygen atoms in total. The fourth-order valence-corrected chi connectivity index (χ4v) is 1.33. The fraction of sp³-hybridized carbons (Fsp3) is 0.250. The number of rotatable bonds is 8. The number of allylic oxidation sites excluding steroid dienone is 13. The van der Waals surface area contributed by atoms with Crippen molar-refractivity contribution in [1.82, 2.24) is 0 Å². The van der Waals surface area contributed by atoms with Crippen LogP contribution in [0.25, 0.3) is 0 Å². The fourth-order valence-electron chi connectivity index (χ4n) is 1.33. The van der Waals surface area contributed by atoms with E-state index in [0.29, 0.717) is 5.57 Å². The standard InChI is InChI=1S/C20H26O2/c1-17(11-7-13-19(3)15-21)9-5-6-10-18(2)12-8-14-20(4)16-22/h5-15,22H,16H2,1-4H3/b6-5+,11-7+,12-8+,17-9+,18-10+,19-13+,20-14+. The molecule has 0 aromatic carbocycles. The van der Waals surface area contributed by atoms with Gasteiger partial charge in [0.05, 0.1) is 6.61 Å². The molecule has 1 N–H and O–H groups in total. The number of hydrogen-bond donors (Lipinski definition) is 1. The maximum atomic E-state index is 10.4. The normalized spacial score (nSPS) is 15.5. The first kappa shape index (κ1) is 19.8. The smallest absolute Gasteiger partial charge is 0.145 e. The van der Waals surface area contributed by atoms with E-state index < -0.39 is 0 Å². The Morgan fingerprint density at radius 1 is 0.727 bits per heavy atom. The maximum absolute atomic E-state index is 10.4. The molecule has 0 bridgehead atoms. The van der Waals surface area contributed by atoms with Crippen molar-refractivity contribution < 1.29 is 9.90 Å². The highest BCUT2D eigenvalue weighted by molar-refractivity contribution is 5.72. The summed E-state index contributed by atoms with van der Waals surface area (Å²) in [4.78, 5) is 10.4. The van der Waals surface area contributed by atoms with E-state index in [1.54, 1.807) is 13.0 Å². The number of aliphatic hydroxyl groups is 1. The summed E-state index contributed by atoms with van der Waals surface area (Å²) in [5.41, 5.74) is 3.87. The summed E-state index contributed by atoms with van der Waals surface area (Å²) in [5, 5.41) is 8.87. The Kier molecular flexibility index (Phi) is 11.3. The molecular weight excluding hydrogens is 272 g/mol. The van der Waals surface area contributed by atoms with Crippen LogP contribution < -0.4 is 0 Å². The van der Waals surface area contributed by atoms with Crippen LogP contribution in [-0.2, 0) is 4.79 Å².